The Balaban J connectivity index is 2.23. The Morgan fingerprint density at radius 2 is 2.05 bits per heavy atom. The Hall–Kier alpha value is -0.450. The minimum Gasteiger partial charge on any atom is -0.311 e. The zero-order valence-electron chi connectivity index (χ0n) is 13.7. The molecule has 1 aromatic rings. The van der Waals surface area contributed by atoms with Crippen LogP contribution in [0.1, 0.15) is 55.7 Å². The average molecular weight is 295 g/mol. The lowest BCUT2D eigenvalue weighted by molar-refractivity contribution is 0.0620. The predicted octanol–water partition coefficient (Wildman–Crippen LogP) is 3.53. The number of aromatic nitrogens is 1. The number of aryl methyl sites for hydroxylation is 2. The molecule has 0 spiro atoms. The molecule has 3 atom stereocenters. The van der Waals surface area contributed by atoms with Crippen LogP contribution in [0.15, 0.2) is 0 Å². The normalized spacial score (nSPS) is 26.1. The number of hydrogen-bond acceptors (Lipinski definition) is 4. The zero-order valence-corrected chi connectivity index (χ0v) is 14.5. The Kier molecular flexibility index (Phi) is 5.21. The van der Waals surface area contributed by atoms with E-state index in [4.69, 9.17) is 0 Å². The molecule has 2 heterocycles. The van der Waals surface area contributed by atoms with Crippen molar-refractivity contribution in [1.29, 1.82) is 0 Å². The first-order valence-electron chi connectivity index (χ1n) is 7.87. The highest BCUT2D eigenvalue weighted by Crippen LogP contribution is 2.33. The van der Waals surface area contributed by atoms with E-state index < -0.39 is 0 Å². The second-order valence-corrected chi connectivity index (χ2v) is 7.61. The van der Waals surface area contributed by atoms with Gasteiger partial charge in [-0.25, -0.2) is 4.98 Å². The third-order valence-corrected chi connectivity index (χ3v) is 5.79. The lowest BCUT2D eigenvalue weighted by atomic mass is 9.95. The first-order valence-corrected chi connectivity index (χ1v) is 8.68. The van der Waals surface area contributed by atoms with Gasteiger partial charge < -0.3 is 5.32 Å². The summed E-state index contributed by atoms with van der Waals surface area (Å²) in [5.41, 5.74) is 1.22. The standard InChI is InChI=1S/C16H29N3S/c1-7-14-9-19(15(8-17-14)10(2)3)12(5)16-11(4)18-13(6)20-16/h10,12,14-15,17H,7-9H2,1-6H3. The molecule has 0 radical (unpaired) electrons. The second-order valence-electron chi connectivity index (χ2n) is 6.38. The second kappa shape index (κ2) is 6.54. The smallest absolute Gasteiger partial charge is 0.0900 e. The molecule has 0 saturated carbocycles. The van der Waals surface area contributed by atoms with Crippen molar-refractivity contribution in [3.63, 3.8) is 0 Å². The fraction of sp³-hybridized carbons (Fsp3) is 0.812. The highest BCUT2D eigenvalue weighted by atomic mass is 32.1. The molecule has 1 aliphatic heterocycles. The van der Waals surface area contributed by atoms with Crippen LogP contribution in [-0.2, 0) is 0 Å². The fourth-order valence-corrected chi connectivity index (χ4v) is 4.28. The van der Waals surface area contributed by atoms with E-state index in [9.17, 15) is 0 Å². The molecule has 3 nitrogen and oxygen atoms in total. The van der Waals surface area contributed by atoms with Gasteiger partial charge in [-0.05, 0) is 33.1 Å². The number of piperazine rings is 1. The van der Waals surface area contributed by atoms with E-state index in [2.05, 4.69) is 56.7 Å². The van der Waals surface area contributed by atoms with E-state index in [1.165, 1.54) is 22.0 Å². The van der Waals surface area contributed by atoms with Crippen LogP contribution in [0.3, 0.4) is 0 Å². The summed E-state index contributed by atoms with van der Waals surface area (Å²) in [5, 5.41) is 4.89. The van der Waals surface area contributed by atoms with Gasteiger partial charge in [-0.2, -0.15) is 0 Å². The number of rotatable bonds is 4. The molecule has 0 aliphatic carbocycles. The van der Waals surface area contributed by atoms with Crippen LogP contribution in [0.5, 0.6) is 0 Å². The van der Waals surface area contributed by atoms with E-state index in [0.717, 1.165) is 13.1 Å². The van der Waals surface area contributed by atoms with Gasteiger partial charge in [0.25, 0.3) is 0 Å². The molecule has 2 rings (SSSR count). The number of thiazole rings is 1. The maximum absolute atomic E-state index is 4.61. The summed E-state index contributed by atoms with van der Waals surface area (Å²) in [7, 11) is 0. The Labute approximate surface area is 127 Å². The molecule has 0 amide bonds. The molecule has 3 unspecified atom stereocenters. The van der Waals surface area contributed by atoms with Gasteiger partial charge in [0, 0.05) is 36.1 Å². The van der Waals surface area contributed by atoms with Crippen molar-refractivity contribution in [1.82, 2.24) is 15.2 Å². The molecule has 1 N–H and O–H groups in total. The highest BCUT2D eigenvalue weighted by Gasteiger charge is 2.33. The first kappa shape index (κ1) is 15.9. The van der Waals surface area contributed by atoms with E-state index in [1.54, 1.807) is 0 Å². The molecule has 1 aliphatic rings. The zero-order chi connectivity index (χ0) is 14.9. The van der Waals surface area contributed by atoms with Gasteiger partial charge in [-0.1, -0.05) is 20.8 Å². The Morgan fingerprint density at radius 1 is 1.35 bits per heavy atom. The van der Waals surface area contributed by atoms with Gasteiger partial charge in [0.15, 0.2) is 0 Å². The van der Waals surface area contributed by atoms with Crippen LogP contribution >= 0.6 is 11.3 Å². The number of nitrogens with one attached hydrogen (secondary N) is 1. The Morgan fingerprint density at radius 3 is 2.55 bits per heavy atom. The van der Waals surface area contributed by atoms with Crippen molar-refractivity contribution >= 4 is 11.3 Å². The maximum atomic E-state index is 4.61. The minimum absolute atomic E-state index is 0.477. The van der Waals surface area contributed by atoms with Crippen LogP contribution in [0.4, 0.5) is 0 Å². The number of hydrogen-bond donors (Lipinski definition) is 1. The van der Waals surface area contributed by atoms with E-state index in [-0.39, 0.29) is 0 Å². The van der Waals surface area contributed by atoms with Crippen molar-refractivity contribution in [2.75, 3.05) is 13.1 Å². The van der Waals surface area contributed by atoms with Crippen molar-refractivity contribution in [3.8, 4) is 0 Å². The van der Waals surface area contributed by atoms with Crippen LogP contribution in [-0.4, -0.2) is 35.1 Å². The van der Waals surface area contributed by atoms with Crippen LogP contribution in [0.25, 0.3) is 0 Å². The molecule has 0 bridgehead atoms. The lowest BCUT2D eigenvalue weighted by Crippen LogP contribution is -2.58. The summed E-state index contributed by atoms with van der Waals surface area (Å²) >= 11 is 1.87. The lowest BCUT2D eigenvalue weighted by Gasteiger charge is -2.45. The molecule has 1 fully saturated rings. The monoisotopic (exact) mass is 295 g/mol. The predicted molar refractivity (Wildman–Crippen MR) is 87.4 cm³/mol. The third-order valence-electron chi connectivity index (χ3n) is 4.55. The van der Waals surface area contributed by atoms with E-state index in [0.29, 0.717) is 24.0 Å². The molecule has 0 aromatic carbocycles. The highest BCUT2D eigenvalue weighted by molar-refractivity contribution is 7.11. The molecule has 1 aromatic heterocycles. The molecule has 1 saturated heterocycles. The topological polar surface area (TPSA) is 28.2 Å². The van der Waals surface area contributed by atoms with Gasteiger partial charge in [-0.3, -0.25) is 4.90 Å². The minimum atomic E-state index is 0.477. The maximum Gasteiger partial charge on any atom is 0.0900 e. The Bertz CT molecular complexity index is 441. The van der Waals surface area contributed by atoms with Crippen LogP contribution in [0, 0.1) is 19.8 Å². The molecule has 20 heavy (non-hydrogen) atoms. The third kappa shape index (κ3) is 3.23. The van der Waals surface area contributed by atoms with Crippen molar-refractivity contribution in [3.05, 3.63) is 15.6 Å². The van der Waals surface area contributed by atoms with Gasteiger partial charge in [0.1, 0.15) is 0 Å². The molecule has 114 valence electrons. The first-order chi connectivity index (χ1) is 9.43. The summed E-state index contributed by atoms with van der Waals surface area (Å²) in [6, 6.07) is 1.72. The number of nitrogens with zero attached hydrogens (tertiary/aromatic N) is 2. The quantitative estimate of drug-likeness (QED) is 0.921. The fourth-order valence-electron chi connectivity index (χ4n) is 3.28. The average Bonchev–Trinajstić information content (AvgIpc) is 2.76. The van der Waals surface area contributed by atoms with Gasteiger partial charge in [-0.15, -0.1) is 11.3 Å². The van der Waals surface area contributed by atoms with E-state index in [1.807, 2.05) is 11.3 Å². The van der Waals surface area contributed by atoms with Crippen LogP contribution < -0.4 is 5.32 Å². The van der Waals surface area contributed by atoms with Crippen molar-refractivity contribution in [2.45, 2.75) is 66.1 Å². The van der Waals surface area contributed by atoms with Crippen molar-refractivity contribution < 1.29 is 0 Å². The van der Waals surface area contributed by atoms with Gasteiger partial charge in [0.05, 0.1) is 10.7 Å². The summed E-state index contributed by atoms with van der Waals surface area (Å²) in [5.74, 6) is 0.678. The molecule has 4 heteroatoms. The van der Waals surface area contributed by atoms with E-state index >= 15 is 0 Å². The largest absolute Gasteiger partial charge is 0.311 e. The summed E-state index contributed by atoms with van der Waals surface area (Å²) in [6.45, 7) is 15.8. The summed E-state index contributed by atoms with van der Waals surface area (Å²) in [4.78, 5) is 8.76. The summed E-state index contributed by atoms with van der Waals surface area (Å²) < 4.78 is 0. The molecular weight excluding hydrogens is 266 g/mol. The summed E-state index contributed by atoms with van der Waals surface area (Å²) in [6.07, 6.45) is 1.20. The molecular formula is C16H29N3S. The van der Waals surface area contributed by atoms with Crippen molar-refractivity contribution in [2.24, 2.45) is 5.92 Å². The SMILES string of the molecule is CCC1CN(C(C)c2sc(C)nc2C)C(C(C)C)CN1. The van der Waals surface area contributed by atoms with Gasteiger partial charge in [0.2, 0.25) is 0 Å². The van der Waals surface area contributed by atoms with Gasteiger partial charge >= 0.3 is 0 Å². The van der Waals surface area contributed by atoms with Crippen LogP contribution in [0.2, 0.25) is 0 Å².